The van der Waals surface area contributed by atoms with Gasteiger partial charge < -0.3 is 23.9 Å². The van der Waals surface area contributed by atoms with Gasteiger partial charge in [-0.3, -0.25) is 4.79 Å². The van der Waals surface area contributed by atoms with Crippen molar-refractivity contribution < 1.29 is 13.9 Å². The summed E-state index contributed by atoms with van der Waals surface area (Å²) in [5.74, 6) is 2.49. The van der Waals surface area contributed by atoms with E-state index >= 15 is 0 Å². The van der Waals surface area contributed by atoms with Gasteiger partial charge in [-0.25, -0.2) is 4.98 Å². The lowest BCUT2D eigenvalue weighted by Crippen LogP contribution is -2.49. The number of imidazole rings is 1. The predicted octanol–water partition coefficient (Wildman–Crippen LogP) is 3.00. The molecule has 1 aromatic carbocycles. The molecule has 7 heteroatoms. The van der Waals surface area contributed by atoms with Crippen LogP contribution in [0.1, 0.15) is 39.3 Å². The minimum absolute atomic E-state index is 0.128. The number of carbonyl (C=O) groups excluding carboxylic acids is 1. The zero-order valence-corrected chi connectivity index (χ0v) is 17.0. The van der Waals surface area contributed by atoms with Gasteiger partial charge in [0.05, 0.1) is 0 Å². The van der Waals surface area contributed by atoms with Crippen LogP contribution in [0.5, 0.6) is 5.75 Å². The van der Waals surface area contributed by atoms with Crippen LogP contribution in [0.15, 0.2) is 47.1 Å². The van der Waals surface area contributed by atoms with Crippen LogP contribution in [0.3, 0.4) is 0 Å². The quantitative estimate of drug-likeness (QED) is 0.720. The Labute approximate surface area is 170 Å². The van der Waals surface area contributed by atoms with Gasteiger partial charge in [0.25, 0.3) is 5.91 Å². The molecule has 1 aliphatic rings. The number of benzene rings is 1. The van der Waals surface area contributed by atoms with Gasteiger partial charge in [0, 0.05) is 39.1 Å². The summed E-state index contributed by atoms with van der Waals surface area (Å²) in [7, 11) is 1.94. The predicted molar refractivity (Wildman–Crippen MR) is 109 cm³/mol. The Morgan fingerprint density at radius 1 is 1.31 bits per heavy atom. The highest BCUT2D eigenvalue weighted by Gasteiger charge is 2.32. The van der Waals surface area contributed by atoms with Gasteiger partial charge in [-0.15, -0.1) is 0 Å². The second-order valence-electron chi connectivity index (χ2n) is 7.44. The number of nitrogens with zero attached hydrogens (tertiary/aromatic N) is 3. The molecule has 1 N–H and O–H groups in total. The second kappa shape index (κ2) is 8.13. The van der Waals surface area contributed by atoms with Gasteiger partial charge in [0.2, 0.25) is 0 Å². The van der Waals surface area contributed by atoms with Crippen molar-refractivity contribution in [2.75, 3.05) is 19.6 Å². The molecule has 7 nitrogen and oxygen atoms in total. The monoisotopic (exact) mass is 394 g/mol. The summed E-state index contributed by atoms with van der Waals surface area (Å²) in [5.41, 5.74) is 2.27. The molecule has 152 valence electrons. The number of aryl methyl sites for hydroxylation is 3. The van der Waals surface area contributed by atoms with E-state index in [1.165, 1.54) is 5.56 Å². The molecule has 3 aromatic rings. The Bertz CT molecular complexity index is 1010. The Hall–Kier alpha value is -3.06. The van der Waals surface area contributed by atoms with E-state index in [-0.39, 0.29) is 18.6 Å². The number of nitrogens with one attached hydrogen (secondary N) is 1. The number of piperazine rings is 1. The number of furan rings is 1. The highest BCUT2D eigenvalue weighted by atomic mass is 16.5. The highest BCUT2D eigenvalue weighted by Crippen LogP contribution is 2.24. The topological polar surface area (TPSA) is 72.5 Å². The lowest BCUT2D eigenvalue weighted by Gasteiger charge is -2.35. The molecule has 1 saturated heterocycles. The van der Waals surface area contributed by atoms with E-state index in [1.807, 2.05) is 41.8 Å². The van der Waals surface area contributed by atoms with Gasteiger partial charge in [0.15, 0.2) is 5.76 Å². The third-order valence-corrected chi connectivity index (χ3v) is 5.23. The van der Waals surface area contributed by atoms with Crippen LogP contribution in [-0.2, 0) is 13.7 Å². The van der Waals surface area contributed by atoms with E-state index < -0.39 is 0 Å². The van der Waals surface area contributed by atoms with Crippen molar-refractivity contribution in [2.45, 2.75) is 26.5 Å². The lowest BCUT2D eigenvalue weighted by molar-refractivity contribution is 0.0584. The molecular weight excluding hydrogens is 368 g/mol. The first-order chi connectivity index (χ1) is 14.0. The Balaban J connectivity index is 1.46. The van der Waals surface area contributed by atoms with Crippen molar-refractivity contribution in [1.29, 1.82) is 0 Å². The summed E-state index contributed by atoms with van der Waals surface area (Å²) in [5, 5.41) is 3.34. The molecule has 0 bridgehead atoms. The first kappa shape index (κ1) is 19.3. The van der Waals surface area contributed by atoms with Crippen LogP contribution < -0.4 is 10.1 Å². The van der Waals surface area contributed by atoms with Crippen LogP contribution in [0.2, 0.25) is 0 Å². The zero-order valence-electron chi connectivity index (χ0n) is 17.0. The molecule has 0 spiro atoms. The maximum Gasteiger partial charge on any atom is 0.290 e. The van der Waals surface area contributed by atoms with E-state index in [4.69, 9.17) is 9.15 Å². The maximum atomic E-state index is 13.1. The molecule has 0 radical (unpaired) electrons. The summed E-state index contributed by atoms with van der Waals surface area (Å²) in [6.45, 7) is 6.36. The van der Waals surface area contributed by atoms with Crippen molar-refractivity contribution in [3.05, 3.63) is 71.2 Å². The minimum atomic E-state index is -0.128. The summed E-state index contributed by atoms with van der Waals surface area (Å²) in [4.78, 5) is 19.4. The van der Waals surface area contributed by atoms with Crippen LogP contribution >= 0.6 is 0 Å². The highest BCUT2D eigenvalue weighted by molar-refractivity contribution is 5.92. The molecule has 1 atom stereocenters. The Kier molecular flexibility index (Phi) is 5.40. The van der Waals surface area contributed by atoms with Gasteiger partial charge >= 0.3 is 0 Å². The normalized spacial score (nSPS) is 16.8. The van der Waals surface area contributed by atoms with E-state index in [2.05, 4.69) is 23.3 Å². The number of amides is 1. The maximum absolute atomic E-state index is 13.1. The standard InChI is InChI=1S/C22H26N4O3/c1-15-4-6-19(16(2)12-15)28-14-17-5-7-20(29-17)22(27)26-11-8-23-13-18(26)21-24-9-10-25(21)3/h4-7,9-10,12,18,23H,8,11,13-14H2,1-3H3. The molecule has 0 saturated carbocycles. The number of rotatable bonds is 5. The summed E-state index contributed by atoms with van der Waals surface area (Å²) < 4.78 is 13.6. The third kappa shape index (κ3) is 4.05. The van der Waals surface area contributed by atoms with Gasteiger partial charge in [0.1, 0.15) is 30.0 Å². The fourth-order valence-corrected chi connectivity index (χ4v) is 3.70. The van der Waals surface area contributed by atoms with Crippen LogP contribution in [-0.4, -0.2) is 40.0 Å². The van der Waals surface area contributed by atoms with Crippen molar-refractivity contribution in [2.24, 2.45) is 7.05 Å². The van der Waals surface area contributed by atoms with Crippen molar-refractivity contribution >= 4 is 5.91 Å². The fraction of sp³-hybridized carbons (Fsp3) is 0.364. The summed E-state index contributed by atoms with van der Waals surface area (Å²) in [6.07, 6.45) is 3.64. The Morgan fingerprint density at radius 2 is 2.17 bits per heavy atom. The van der Waals surface area contributed by atoms with Crippen LogP contribution in [0.4, 0.5) is 0 Å². The molecule has 1 aliphatic heterocycles. The largest absolute Gasteiger partial charge is 0.485 e. The number of ether oxygens (including phenoxy) is 1. The molecule has 29 heavy (non-hydrogen) atoms. The molecule has 1 fully saturated rings. The number of carbonyl (C=O) groups is 1. The smallest absolute Gasteiger partial charge is 0.290 e. The molecule has 1 unspecified atom stereocenters. The van der Waals surface area contributed by atoms with Gasteiger partial charge in [-0.05, 0) is 37.6 Å². The van der Waals surface area contributed by atoms with E-state index in [0.717, 1.165) is 23.7 Å². The van der Waals surface area contributed by atoms with Crippen LogP contribution in [0.25, 0.3) is 0 Å². The van der Waals surface area contributed by atoms with Gasteiger partial charge in [-0.1, -0.05) is 17.7 Å². The SMILES string of the molecule is Cc1ccc(OCc2ccc(C(=O)N3CCNCC3c3nccn3C)o2)c(C)c1. The van der Waals surface area contributed by atoms with Crippen molar-refractivity contribution in [3.63, 3.8) is 0 Å². The average molecular weight is 394 g/mol. The fourth-order valence-electron chi connectivity index (χ4n) is 3.70. The van der Waals surface area contributed by atoms with Crippen molar-refractivity contribution in [1.82, 2.24) is 19.8 Å². The van der Waals surface area contributed by atoms with E-state index in [9.17, 15) is 4.79 Å². The van der Waals surface area contributed by atoms with Crippen LogP contribution in [0, 0.1) is 13.8 Å². The zero-order chi connectivity index (χ0) is 20.4. The van der Waals surface area contributed by atoms with E-state index in [1.54, 1.807) is 18.3 Å². The first-order valence-electron chi connectivity index (χ1n) is 9.80. The number of hydrogen-bond donors (Lipinski definition) is 1. The van der Waals surface area contributed by atoms with Gasteiger partial charge in [-0.2, -0.15) is 0 Å². The first-order valence-corrected chi connectivity index (χ1v) is 9.80. The summed E-state index contributed by atoms with van der Waals surface area (Å²) in [6, 6.07) is 9.44. The average Bonchev–Trinajstić information content (AvgIpc) is 3.36. The van der Waals surface area contributed by atoms with E-state index in [0.29, 0.717) is 24.6 Å². The molecule has 1 amide bonds. The second-order valence-corrected chi connectivity index (χ2v) is 7.44. The molecule has 4 rings (SSSR count). The molecule has 2 aromatic heterocycles. The molecule has 0 aliphatic carbocycles. The minimum Gasteiger partial charge on any atom is -0.485 e. The Morgan fingerprint density at radius 3 is 2.93 bits per heavy atom. The number of aromatic nitrogens is 2. The molecule has 3 heterocycles. The summed E-state index contributed by atoms with van der Waals surface area (Å²) >= 11 is 0. The molecular formula is C22H26N4O3. The third-order valence-electron chi connectivity index (χ3n) is 5.23. The van der Waals surface area contributed by atoms with Crippen molar-refractivity contribution in [3.8, 4) is 5.75 Å². The number of hydrogen-bond acceptors (Lipinski definition) is 5. The lowest BCUT2D eigenvalue weighted by atomic mass is 10.1.